The number of alkyl halides is 1. The molecule has 1 aliphatic carbocycles. The number of carbonyl (C=O) groups is 1. The first-order valence-electron chi connectivity index (χ1n) is 13.5. The number of hydrogen-bond donors (Lipinski definition) is 2. The van der Waals surface area contributed by atoms with Crippen molar-refractivity contribution in [2.75, 3.05) is 44.4 Å². The Bertz CT molecular complexity index is 1840. The van der Waals surface area contributed by atoms with E-state index < -0.39 is 34.8 Å². The summed E-state index contributed by atoms with van der Waals surface area (Å²) < 4.78 is 47.1. The molecule has 6 rings (SSSR count). The predicted octanol–water partition coefficient (Wildman–Crippen LogP) is 4.06. The Morgan fingerprint density at radius 1 is 1.19 bits per heavy atom. The van der Waals surface area contributed by atoms with Gasteiger partial charge >= 0.3 is 5.97 Å². The van der Waals surface area contributed by atoms with Crippen molar-refractivity contribution in [3.05, 3.63) is 69.4 Å². The summed E-state index contributed by atoms with van der Waals surface area (Å²) in [7, 11) is 6.99. The van der Waals surface area contributed by atoms with Crippen LogP contribution in [0.4, 0.5) is 24.5 Å². The molecule has 1 fully saturated rings. The fraction of sp³-hybridized carbons (Fsp3) is 0.333. The Morgan fingerprint density at radius 3 is 2.64 bits per heavy atom. The highest BCUT2D eigenvalue weighted by atomic mass is 19.2. The molecule has 4 aromatic rings. The van der Waals surface area contributed by atoms with Gasteiger partial charge in [-0.25, -0.2) is 22.9 Å². The standard InChI is InChI=1S/C30H29F3N6O3/c1-34-22-8-21(32)26(33)24-17(22)7-23-25(24)27(39-11-15(31)6-16(39)12-37(2)3)19(10-35-23)14-5-18-28(40)20(30(41)42)13-38(4)29(18)36-9-14/h5,8-10,13,15-16,34H,6-7,11-12H2,1-4H3,(H,41,42)/t15-,16-/m0/s1. The van der Waals surface area contributed by atoms with Crippen molar-refractivity contribution in [3.63, 3.8) is 0 Å². The number of aromatic nitrogens is 3. The van der Waals surface area contributed by atoms with Gasteiger partial charge in [0.15, 0.2) is 11.6 Å². The number of aromatic carboxylic acids is 1. The quantitative estimate of drug-likeness (QED) is 0.311. The lowest BCUT2D eigenvalue weighted by atomic mass is 9.96. The van der Waals surface area contributed by atoms with Gasteiger partial charge in [-0.3, -0.25) is 9.78 Å². The first-order chi connectivity index (χ1) is 20.0. The highest BCUT2D eigenvalue weighted by molar-refractivity contribution is 5.98. The lowest BCUT2D eigenvalue weighted by Gasteiger charge is -2.32. The van der Waals surface area contributed by atoms with Gasteiger partial charge in [0.2, 0.25) is 5.43 Å². The first kappa shape index (κ1) is 27.7. The Morgan fingerprint density at radius 2 is 1.95 bits per heavy atom. The molecule has 0 bridgehead atoms. The van der Waals surface area contributed by atoms with Gasteiger partial charge in [-0.2, -0.15) is 0 Å². The first-order valence-corrected chi connectivity index (χ1v) is 13.5. The van der Waals surface area contributed by atoms with Crippen molar-refractivity contribution in [2.45, 2.75) is 25.1 Å². The number of carboxylic acid groups (broad SMARTS) is 1. The molecule has 4 heterocycles. The third-order valence-corrected chi connectivity index (χ3v) is 8.10. The fourth-order valence-corrected chi connectivity index (χ4v) is 6.34. The maximum atomic E-state index is 15.7. The summed E-state index contributed by atoms with van der Waals surface area (Å²) >= 11 is 0. The molecule has 0 radical (unpaired) electrons. The van der Waals surface area contributed by atoms with Gasteiger partial charge in [-0.15, -0.1) is 0 Å². The Kier molecular flexibility index (Phi) is 6.68. The average molecular weight is 579 g/mol. The van der Waals surface area contributed by atoms with E-state index in [0.717, 1.165) is 6.07 Å². The van der Waals surface area contributed by atoms with Crippen molar-refractivity contribution in [2.24, 2.45) is 7.05 Å². The van der Waals surface area contributed by atoms with Crippen molar-refractivity contribution in [3.8, 4) is 22.3 Å². The minimum Gasteiger partial charge on any atom is -0.477 e. The molecular formula is C30H29F3N6O3. The number of hydrogen-bond acceptors (Lipinski definition) is 7. The van der Waals surface area contributed by atoms with Crippen LogP contribution in [0.1, 0.15) is 28.0 Å². The summed E-state index contributed by atoms with van der Waals surface area (Å²) in [5.74, 6) is -3.40. The number of fused-ring (bicyclic) bond motifs is 4. The molecule has 42 heavy (non-hydrogen) atoms. The smallest absolute Gasteiger partial charge is 0.341 e. The Balaban J connectivity index is 1.67. The topological polar surface area (TPSA) is 104 Å². The second-order valence-corrected chi connectivity index (χ2v) is 11.1. The van der Waals surface area contributed by atoms with Crippen LogP contribution in [-0.4, -0.2) is 77.0 Å². The van der Waals surface area contributed by atoms with Gasteiger partial charge in [0, 0.05) is 98.7 Å². The number of aryl methyl sites for hydroxylation is 1. The molecule has 0 spiro atoms. The summed E-state index contributed by atoms with van der Waals surface area (Å²) in [6, 6.07) is 2.36. The number of nitrogens with one attached hydrogen (secondary N) is 1. The van der Waals surface area contributed by atoms with E-state index in [1.807, 2.05) is 23.9 Å². The second-order valence-electron chi connectivity index (χ2n) is 11.1. The molecule has 0 unspecified atom stereocenters. The number of nitrogens with zero attached hydrogens (tertiary/aromatic N) is 5. The van der Waals surface area contributed by atoms with Crippen LogP contribution in [0, 0.1) is 11.6 Å². The van der Waals surface area contributed by atoms with E-state index in [1.165, 1.54) is 23.0 Å². The lowest BCUT2D eigenvalue weighted by Crippen LogP contribution is -2.38. The van der Waals surface area contributed by atoms with Crippen LogP contribution in [0.2, 0.25) is 0 Å². The molecule has 218 valence electrons. The maximum Gasteiger partial charge on any atom is 0.341 e. The highest BCUT2D eigenvalue weighted by Crippen LogP contribution is 2.51. The van der Waals surface area contributed by atoms with E-state index >= 15 is 8.78 Å². The van der Waals surface area contributed by atoms with Crippen LogP contribution in [0.15, 0.2) is 35.5 Å². The van der Waals surface area contributed by atoms with Crippen LogP contribution in [0.25, 0.3) is 33.3 Å². The monoisotopic (exact) mass is 578 g/mol. The number of pyridine rings is 3. The van der Waals surface area contributed by atoms with Crippen LogP contribution in [0.3, 0.4) is 0 Å². The van der Waals surface area contributed by atoms with Gasteiger partial charge in [-0.05, 0) is 25.7 Å². The number of rotatable bonds is 6. The van der Waals surface area contributed by atoms with Crippen LogP contribution in [0.5, 0.6) is 0 Å². The van der Waals surface area contributed by atoms with E-state index in [4.69, 9.17) is 0 Å². The Hall–Kier alpha value is -4.45. The van der Waals surface area contributed by atoms with Gasteiger partial charge in [0.25, 0.3) is 0 Å². The van der Waals surface area contributed by atoms with Crippen molar-refractivity contribution in [1.29, 1.82) is 0 Å². The van der Waals surface area contributed by atoms with E-state index in [0.29, 0.717) is 45.9 Å². The van der Waals surface area contributed by atoms with E-state index in [-0.39, 0.29) is 42.0 Å². The van der Waals surface area contributed by atoms with Crippen LogP contribution in [-0.2, 0) is 13.5 Å². The molecular weight excluding hydrogens is 549 g/mol. The van der Waals surface area contributed by atoms with Crippen LogP contribution >= 0.6 is 0 Å². The molecule has 1 aromatic carbocycles. The number of likely N-dealkylation sites (N-methyl/N-ethyl adjacent to an activating group) is 1. The van der Waals surface area contributed by atoms with E-state index in [1.54, 1.807) is 20.3 Å². The second kappa shape index (κ2) is 10.1. The molecule has 1 aliphatic heterocycles. The highest BCUT2D eigenvalue weighted by Gasteiger charge is 2.39. The summed E-state index contributed by atoms with van der Waals surface area (Å²) in [5, 5.41) is 12.6. The van der Waals surface area contributed by atoms with Crippen LogP contribution < -0.4 is 15.6 Å². The molecule has 0 saturated carbocycles. The third-order valence-electron chi connectivity index (χ3n) is 8.10. The zero-order valence-electron chi connectivity index (χ0n) is 23.5. The number of carboxylic acids is 1. The molecule has 1 saturated heterocycles. The molecule has 2 atom stereocenters. The average Bonchev–Trinajstić information content (AvgIpc) is 3.51. The van der Waals surface area contributed by atoms with Crippen molar-refractivity contribution >= 4 is 28.4 Å². The summed E-state index contributed by atoms with van der Waals surface area (Å²) in [4.78, 5) is 37.8. The van der Waals surface area contributed by atoms with Gasteiger partial charge in [-0.1, -0.05) is 0 Å². The Labute approximate surface area is 239 Å². The zero-order chi connectivity index (χ0) is 30.0. The third kappa shape index (κ3) is 4.28. The van der Waals surface area contributed by atoms with Crippen molar-refractivity contribution in [1.82, 2.24) is 19.4 Å². The van der Waals surface area contributed by atoms with Crippen molar-refractivity contribution < 1.29 is 23.1 Å². The molecule has 2 N–H and O–H groups in total. The summed E-state index contributed by atoms with van der Waals surface area (Å²) in [5.41, 5.74) is 2.46. The lowest BCUT2D eigenvalue weighted by molar-refractivity contribution is 0.0695. The number of anilines is 2. The fourth-order valence-electron chi connectivity index (χ4n) is 6.34. The number of benzene rings is 1. The van der Waals surface area contributed by atoms with E-state index in [9.17, 15) is 19.1 Å². The maximum absolute atomic E-state index is 15.7. The molecule has 2 aliphatic rings. The molecule has 0 amide bonds. The largest absolute Gasteiger partial charge is 0.477 e. The van der Waals surface area contributed by atoms with Gasteiger partial charge in [0.1, 0.15) is 17.4 Å². The predicted molar refractivity (Wildman–Crippen MR) is 154 cm³/mol. The number of halogens is 3. The minimum absolute atomic E-state index is 0.0268. The normalized spacial score (nSPS) is 17.7. The minimum atomic E-state index is -1.37. The molecule has 3 aromatic heterocycles. The van der Waals surface area contributed by atoms with Gasteiger partial charge < -0.3 is 24.8 Å². The SMILES string of the molecule is CNc1cc(F)c(F)c2c1Cc1ncc(-c3cnc4c(c3)c(=O)c(C(=O)O)cn4C)c(N3C[C@@H](F)C[C@H]3CN(C)C)c1-2. The zero-order valence-corrected chi connectivity index (χ0v) is 23.5. The van der Waals surface area contributed by atoms with E-state index in [2.05, 4.69) is 15.3 Å². The summed E-state index contributed by atoms with van der Waals surface area (Å²) in [6.45, 7) is 0.536. The molecule has 12 heteroatoms. The molecule has 9 nitrogen and oxygen atoms in total. The van der Waals surface area contributed by atoms with Gasteiger partial charge in [0.05, 0.1) is 16.8 Å². The summed E-state index contributed by atoms with van der Waals surface area (Å²) in [6.07, 6.45) is 3.66.